The molecule has 4 aliphatic rings. The number of hydrogen-bond donors (Lipinski definition) is 0. The van der Waals surface area contributed by atoms with E-state index in [0.29, 0.717) is 0 Å². The summed E-state index contributed by atoms with van der Waals surface area (Å²) < 4.78 is 15.1. The van der Waals surface area contributed by atoms with E-state index < -0.39 is 10.8 Å². The van der Waals surface area contributed by atoms with Crippen molar-refractivity contribution in [1.82, 2.24) is 0 Å². The van der Waals surface area contributed by atoms with E-state index in [1.54, 1.807) is 0 Å². The smallest absolute Gasteiger partial charge is 0.262 e. The molecule has 0 fully saturated rings. The third-order valence-electron chi connectivity index (χ3n) is 14.3. The summed E-state index contributed by atoms with van der Waals surface area (Å²) in [5, 5.41) is 4.77. The van der Waals surface area contributed by atoms with E-state index in [1.165, 1.54) is 77.5 Å². The van der Waals surface area contributed by atoms with E-state index in [2.05, 4.69) is 214 Å². The van der Waals surface area contributed by atoms with Crippen LogP contribution >= 0.6 is 0 Å². The number of ether oxygens (including phenoxy) is 2. The highest BCUT2D eigenvalue weighted by Gasteiger charge is 2.51. The molecule has 0 atom stereocenters. The Labute approximate surface area is 362 Å². The quantitative estimate of drug-likeness (QED) is 0.163. The Balaban J connectivity index is 1.20. The second-order valence-corrected chi connectivity index (χ2v) is 18.5. The molecule has 0 radical (unpaired) electrons. The molecule has 4 nitrogen and oxygen atoms in total. The minimum absolute atomic E-state index is 0.185. The molecule has 0 aliphatic carbocycles. The third kappa shape index (κ3) is 4.53. The van der Waals surface area contributed by atoms with E-state index in [4.69, 9.17) is 9.47 Å². The Morgan fingerprint density at radius 2 is 0.790 bits per heavy atom. The van der Waals surface area contributed by atoms with Crippen molar-refractivity contribution in [2.75, 3.05) is 9.80 Å². The van der Waals surface area contributed by atoms with Crippen LogP contribution < -0.4 is 35.7 Å². The molecule has 0 bridgehead atoms. The molecule has 9 aromatic rings. The van der Waals surface area contributed by atoms with Gasteiger partial charge >= 0.3 is 0 Å². The fraction of sp³-hybridized carbons (Fsp3) is 0.123. The maximum Gasteiger partial charge on any atom is 0.262 e. The van der Waals surface area contributed by atoms with Gasteiger partial charge in [0.15, 0.2) is 0 Å². The first-order valence-electron chi connectivity index (χ1n) is 21.8. The largest absolute Gasteiger partial charge is 0.458 e. The maximum absolute atomic E-state index is 7.53. The van der Waals surface area contributed by atoms with Crippen molar-refractivity contribution in [3.8, 4) is 23.0 Å². The number of anilines is 6. The molecular weight excluding hydrogens is 755 g/mol. The van der Waals surface area contributed by atoms with Crippen LogP contribution in [-0.4, -0.2) is 6.71 Å². The van der Waals surface area contributed by atoms with Crippen molar-refractivity contribution < 1.29 is 9.47 Å². The number of rotatable bonds is 2. The van der Waals surface area contributed by atoms with Gasteiger partial charge in [-0.3, -0.25) is 0 Å². The topological polar surface area (TPSA) is 24.9 Å². The zero-order valence-corrected chi connectivity index (χ0v) is 35.5. The molecule has 0 aromatic heterocycles. The van der Waals surface area contributed by atoms with Crippen LogP contribution in [0.1, 0.15) is 55.5 Å². The average molecular weight is 799 g/mol. The van der Waals surface area contributed by atoms with Crippen molar-refractivity contribution in [1.29, 1.82) is 0 Å². The molecule has 62 heavy (non-hydrogen) atoms. The molecule has 0 unspecified atom stereocenters. The first-order valence-corrected chi connectivity index (χ1v) is 21.8. The summed E-state index contributed by atoms with van der Waals surface area (Å²) in [6.07, 6.45) is 0. The lowest BCUT2D eigenvalue weighted by Crippen LogP contribution is -2.59. The van der Waals surface area contributed by atoms with E-state index in [-0.39, 0.29) is 6.71 Å². The SMILES string of the molecule is Cc1cc2c3c(c1)Oc1c4c(c5ccccc5c1B3c1c(c3c(c5ccccc15)N(c1ccccc1)c1ccccc1C3(C)C)O2)N(c1ccccc1)c1ccccc1C4(C)C. The monoisotopic (exact) mass is 798 g/mol. The average Bonchev–Trinajstić information content (AvgIpc) is 3.29. The fourth-order valence-electron chi connectivity index (χ4n) is 11.7. The Bertz CT molecular complexity index is 3170. The predicted molar refractivity (Wildman–Crippen MR) is 258 cm³/mol. The van der Waals surface area contributed by atoms with Crippen LogP contribution in [0.5, 0.6) is 23.0 Å². The maximum atomic E-state index is 7.53. The normalized spacial score (nSPS) is 15.6. The van der Waals surface area contributed by atoms with Gasteiger partial charge in [0.05, 0.1) is 22.7 Å². The molecule has 296 valence electrons. The molecule has 0 saturated heterocycles. The van der Waals surface area contributed by atoms with Crippen LogP contribution in [0.3, 0.4) is 0 Å². The number of benzene rings is 9. The van der Waals surface area contributed by atoms with Gasteiger partial charge in [0.1, 0.15) is 23.0 Å². The van der Waals surface area contributed by atoms with Gasteiger partial charge in [-0.2, -0.15) is 0 Å². The summed E-state index contributed by atoms with van der Waals surface area (Å²) in [5.41, 5.74) is 15.6. The number of nitrogens with zero attached hydrogens (tertiary/aromatic N) is 2. The van der Waals surface area contributed by atoms with E-state index >= 15 is 0 Å². The Morgan fingerprint density at radius 1 is 0.419 bits per heavy atom. The minimum Gasteiger partial charge on any atom is -0.458 e. The standard InChI is InChI=1S/C57H43BN2O2/c1-34-32-45-51-46(33-34)62-55-48-53(60(36-22-10-7-11-23-36)44-31-19-17-29-42(44)57(48,4)5)40-27-15-13-25-38(40)50(55)58(51)49-37-24-12-14-26-39(37)52-47(54(49)61-45)56(2,3)41-28-16-18-30-43(41)59(52)35-20-8-6-9-21-35/h6-33H,1-5H3. The van der Waals surface area contributed by atoms with Gasteiger partial charge in [0.25, 0.3) is 6.71 Å². The summed E-state index contributed by atoms with van der Waals surface area (Å²) in [5.74, 6) is 3.61. The lowest BCUT2D eigenvalue weighted by atomic mass is 9.33. The highest BCUT2D eigenvalue weighted by atomic mass is 16.5. The van der Waals surface area contributed by atoms with E-state index in [9.17, 15) is 0 Å². The fourth-order valence-corrected chi connectivity index (χ4v) is 11.7. The highest BCUT2D eigenvalue weighted by molar-refractivity contribution is 7.01. The highest BCUT2D eigenvalue weighted by Crippen LogP contribution is 2.60. The number of hydrogen-bond acceptors (Lipinski definition) is 4. The number of fused-ring (bicyclic) bond motifs is 16. The van der Waals surface area contributed by atoms with Crippen LogP contribution in [-0.2, 0) is 10.8 Å². The van der Waals surface area contributed by atoms with Gasteiger partial charge in [0.2, 0.25) is 0 Å². The molecule has 13 rings (SSSR count). The van der Waals surface area contributed by atoms with Crippen LogP contribution in [0.4, 0.5) is 34.1 Å². The second-order valence-electron chi connectivity index (χ2n) is 18.5. The molecular formula is C57H43BN2O2. The van der Waals surface area contributed by atoms with Crippen molar-refractivity contribution >= 4 is 78.8 Å². The van der Waals surface area contributed by atoms with Gasteiger partial charge in [-0.25, -0.2) is 0 Å². The van der Waals surface area contributed by atoms with E-state index in [1.807, 2.05) is 0 Å². The predicted octanol–water partition coefficient (Wildman–Crippen LogP) is 13.2. The first kappa shape index (κ1) is 35.5. The van der Waals surface area contributed by atoms with Crippen LogP contribution in [0.2, 0.25) is 0 Å². The van der Waals surface area contributed by atoms with Crippen molar-refractivity contribution in [3.63, 3.8) is 0 Å². The van der Waals surface area contributed by atoms with Gasteiger partial charge in [-0.15, -0.1) is 0 Å². The Morgan fingerprint density at radius 3 is 1.23 bits per heavy atom. The molecule has 9 aromatic carbocycles. The van der Waals surface area contributed by atoms with E-state index in [0.717, 1.165) is 45.4 Å². The summed E-state index contributed by atoms with van der Waals surface area (Å²) in [4.78, 5) is 4.95. The lowest BCUT2D eigenvalue weighted by molar-refractivity contribution is 0.446. The minimum atomic E-state index is -0.413. The second kappa shape index (κ2) is 12.4. The molecule has 0 N–H and O–H groups in total. The van der Waals surface area contributed by atoms with Crippen LogP contribution in [0.25, 0.3) is 21.5 Å². The Kier molecular flexibility index (Phi) is 7.12. The number of aryl methyl sites for hydroxylation is 1. The third-order valence-corrected chi connectivity index (χ3v) is 14.3. The van der Waals surface area contributed by atoms with Gasteiger partial charge in [0, 0.05) is 49.6 Å². The lowest BCUT2D eigenvalue weighted by Gasteiger charge is -2.47. The van der Waals surface area contributed by atoms with Crippen molar-refractivity contribution in [2.24, 2.45) is 0 Å². The van der Waals surface area contributed by atoms with Crippen molar-refractivity contribution in [2.45, 2.75) is 45.4 Å². The molecule has 0 saturated carbocycles. The summed E-state index contributed by atoms with van der Waals surface area (Å²) >= 11 is 0. The zero-order valence-electron chi connectivity index (χ0n) is 35.5. The molecule has 4 aliphatic heterocycles. The molecule has 0 amide bonds. The van der Waals surface area contributed by atoms with Gasteiger partial charge in [-0.1, -0.05) is 149 Å². The molecule has 0 spiro atoms. The summed E-state index contributed by atoms with van der Waals surface area (Å²) in [7, 11) is 0. The van der Waals surface area contributed by atoms with Gasteiger partial charge in [-0.05, 0) is 93.8 Å². The number of para-hydroxylation sites is 4. The van der Waals surface area contributed by atoms with Crippen molar-refractivity contribution in [3.05, 3.63) is 198 Å². The first-order chi connectivity index (χ1) is 30.2. The summed E-state index contributed by atoms with van der Waals surface area (Å²) in [6.45, 7) is 11.5. The Hall–Kier alpha value is -7.24. The van der Waals surface area contributed by atoms with Crippen LogP contribution in [0.15, 0.2) is 170 Å². The molecule has 5 heteroatoms. The van der Waals surface area contributed by atoms with Gasteiger partial charge < -0.3 is 19.3 Å². The zero-order chi connectivity index (χ0) is 41.6. The summed E-state index contributed by atoms with van der Waals surface area (Å²) in [6, 6.07) is 62.0. The van der Waals surface area contributed by atoms with Crippen LogP contribution in [0, 0.1) is 6.92 Å². The molecule has 4 heterocycles.